The highest BCUT2D eigenvalue weighted by Crippen LogP contribution is 2.42. The Morgan fingerprint density at radius 2 is 1.81 bits per heavy atom. The monoisotopic (exact) mass is 356 g/mol. The largest absolute Gasteiger partial charge is 0.507 e. The first-order valence-corrected chi connectivity index (χ1v) is 9.18. The molecule has 1 heterocycles. The van der Waals surface area contributed by atoms with Gasteiger partial charge in [-0.2, -0.15) is 0 Å². The highest BCUT2D eigenvalue weighted by molar-refractivity contribution is 6.04. The van der Waals surface area contributed by atoms with Crippen LogP contribution in [-0.2, 0) is 6.42 Å². The van der Waals surface area contributed by atoms with E-state index in [0.717, 1.165) is 37.7 Å². The van der Waals surface area contributed by atoms with Gasteiger partial charge in [-0.3, -0.25) is 4.79 Å². The second kappa shape index (κ2) is 7.48. The molecule has 0 saturated carbocycles. The second-order valence-corrected chi connectivity index (χ2v) is 7.50. The van der Waals surface area contributed by atoms with Crippen molar-refractivity contribution in [3.63, 3.8) is 0 Å². The van der Waals surface area contributed by atoms with Crippen molar-refractivity contribution in [1.29, 1.82) is 0 Å². The van der Waals surface area contributed by atoms with Crippen LogP contribution in [0.2, 0.25) is 0 Å². The number of Topliss-reactive ketones (excluding diaryl/α,β-unsaturated/α-hetero) is 1. The lowest BCUT2D eigenvalue weighted by Gasteiger charge is -2.39. The summed E-state index contributed by atoms with van der Waals surface area (Å²) in [5.74, 6) is -0.0609. The second-order valence-electron chi connectivity index (χ2n) is 7.50. The number of ketones is 1. The number of rotatable bonds is 6. The summed E-state index contributed by atoms with van der Waals surface area (Å²) in [6.07, 6.45) is 4.53. The summed E-state index contributed by atoms with van der Waals surface area (Å²) in [6, 6.07) is 11.5. The van der Waals surface area contributed by atoms with Crippen molar-refractivity contribution in [2.75, 3.05) is 0 Å². The molecule has 1 aliphatic heterocycles. The number of carbonyl (C=O) groups is 1. The molecular weight excluding hydrogens is 331 g/mol. The standard InChI is InChI=1S/C22H25FO3/c1-22(2)17(21(25)20-18(24)9-6-10-19(20)26-22)8-5-3-4-7-15-11-13-16(23)14-12-15/h6,9-14,17,24H,3-5,7-8H2,1-2H3. The number of halogens is 1. The Hall–Kier alpha value is -2.36. The van der Waals surface area contributed by atoms with E-state index in [2.05, 4.69) is 0 Å². The third kappa shape index (κ3) is 3.90. The van der Waals surface area contributed by atoms with Crippen LogP contribution >= 0.6 is 0 Å². The highest BCUT2D eigenvalue weighted by Gasteiger charge is 2.43. The van der Waals surface area contributed by atoms with E-state index in [-0.39, 0.29) is 23.3 Å². The number of hydrogen-bond acceptors (Lipinski definition) is 3. The summed E-state index contributed by atoms with van der Waals surface area (Å²) in [7, 11) is 0. The van der Waals surface area contributed by atoms with Gasteiger partial charge in [-0.05, 0) is 62.9 Å². The molecule has 0 aliphatic carbocycles. The van der Waals surface area contributed by atoms with Crippen LogP contribution in [0.15, 0.2) is 42.5 Å². The van der Waals surface area contributed by atoms with E-state index < -0.39 is 5.60 Å². The summed E-state index contributed by atoms with van der Waals surface area (Å²) < 4.78 is 18.9. The molecule has 138 valence electrons. The van der Waals surface area contributed by atoms with Gasteiger partial charge >= 0.3 is 0 Å². The first-order valence-electron chi connectivity index (χ1n) is 9.18. The van der Waals surface area contributed by atoms with Crippen LogP contribution in [0.3, 0.4) is 0 Å². The van der Waals surface area contributed by atoms with E-state index in [1.165, 1.54) is 18.2 Å². The molecule has 2 aromatic rings. The van der Waals surface area contributed by atoms with Gasteiger partial charge in [0.25, 0.3) is 0 Å². The van der Waals surface area contributed by atoms with Crippen LogP contribution in [-0.4, -0.2) is 16.5 Å². The molecule has 1 atom stereocenters. The molecule has 3 nitrogen and oxygen atoms in total. The predicted molar refractivity (Wildman–Crippen MR) is 99.2 cm³/mol. The molecule has 0 aromatic heterocycles. The normalized spacial score (nSPS) is 18.3. The van der Waals surface area contributed by atoms with Gasteiger partial charge in [0.1, 0.15) is 28.5 Å². The molecule has 0 amide bonds. The molecule has 1 unspecified atom stereocenters. The number of phenols is 1. The molecule has 0 radical (unpaired) electrons. The Morgan fingerprint density at radius 3 is 2.54 bits per heavy atom. The zero-order chi connectivity index (χ0) is 18.7. The smallest absolute Gasteiger partial charge is 0.177 e. The fourth-order valence-electron chi connectivity index (χ4n) is 3.68. The molecule has 0 spiro atoms. The van der Waals surface area contributed by atoms with Crippen molar-refractivity contribution in [2.24, 2.45) is 5.92 Å². The Bertz CT molecular complexity index is 780. The van der Waals surface area contributed by atoms with Crippen LogP contribution < -0.4 is 4.74 Å². The summed E-state index contributed by atoms with van der Waals surface area (Å²) in [5, 5.41) is 10.0. The topological polar surface area (TPSA) is 46.5 Å². The van der Waals surface area contributed by atoms with Crippen molar-refractivity contribution >= 4 is 5.78 Å². The number of fused-ring (bicyclic) bond motifs is 1. The Kier molecular flexibility index (Phi) is 5.30. The van der Waals surface area contributed by atoms with Gasteiger partial charge in [0.15, 0.2) is 5.78 Å². The average Bonchev–Trinajstić information content (AvgIpc) is 2.58. The molecule has 1 N–H and O–H groups in total. The fraction of sp³-hybridized carbons (Fsp3) is 0.409. The molecule has 0 fully saturated rings. The van der Waals surface area contributed by atoms with Gasteiger partial charge in [-0.1, -0.05) is 31.0 Å². The van der Waals surface area contributed by atoms with Crippen molar-refractivity contribution in [3.8, 4) is 11.5 Å². The van der Waals surface area contributed by atoms with Crippen LogP contribution in [0.1, 0.15) is 55.5 Å². The van der Waals surface area contributed by atoms with Crippen molar-refractivity contribution in [2.45, 2.75) is 51.6 Å². The zero-order valence-electron chi connectivity index (χ0n) is 15.3. The van der Waals surface area contributed by atoms with Gasteiger partial charge in [0, 0.05) is 0 Å². The lowest BCUT2D eigenvalue weighted by atomic mass is 9.78. The molecule has 0 saturated heterocycles. The quantitative estimate of drug-likeness (QED) is 0.714. The highest BCUT2D eigenvalue weighted by atomic mass is 19.1. The number of benzene rings is 2. The van der Waals surface area contributed by atoms with Crippen molar-refractivity contribution < 1.29 is 19.0 Å². The number of aromatic hydroxyl groups is 1. The summed E-state index contributed by atoms with van der Waals surface area (Å²) in [4.78, 5) is 12.9. The Morgan fingerprint density at radius 1 is 1.08 bits per heavy atom. The zero-order valence-corrected chi connectivity index (χ0v) is 15.3. The van der Waals surface area contributed by atoms with E-state index in [4.69, 9.17) is 4.74 Å². The van der Waals surface area contributed by atoms with E-state index >= 15 is 0 Å². The first-order chi connectivity index (χ1) is 12.4. The van der Waals surface area contributed by atoms with Gasteiger partial charge in [-0.15, -0.1) is 0 Å². The molecule has 26 heavy (non-hydrogen) atoms. The van der Waals surface area contributed by atoms with Crippen LogP contribution in [0.4, 0.5) is 4.39 Å². The molecule has 2 aromatic carbocycles. The lowest BCUT2D eigenvalue weighted by molar-refractivity contribution is 0.0222. The van der Waals surface area contributed by atoms with Gasteiger partial charge < -0.3 is 9.84 Å². The summed E-state index contributed by atoms with van der Waals surface area (Å²) >= 11 is 0. The number of aryl methyl sites for hydroxylation is 1. The number of unbranched alkanes of at least 4 members (excludes halogenated alkanes) is 2. The van der Waals surface area contributed by atoms with Crippen LogP contribution in [0, 0.1) is 11.7 Å². The van der Waals surface area contributed by atoms with Crippen LogP contribution in [0.25, 0.3) is 0 Å². The third-order valence-electron chi connectivity index (χ3n) is 5.15. The minimum atomic E-state index is -0.588. The van der Waals surface area contributed by atoms with E-state index in [0.29, 0.717) is 11.3 Å². The van der Waals surface area contributed by atoms with Gasteiger partial charge in [0.2, 0.25) is 0 Å². The van der Waals surface area contributed by atoms with E-state index in [1.54, 1.807) is 12.1 Å². The number of ether oxygens (including phenoxy) is 1. The molecule has 1 aliphatic rings. The van der Waals surface area contributed by atoms with E-state index in [1.807, 2.05) is 26.0 Å². The van der Waals surface area contributed by atoms with E-state index in [9.17, 15) is 14.3 Å². The van der Waals surface area contributed by atoms with Crippen molar-refractivity contribution in [1.82, 2.24) is 0 Å². The number of phenolic OH excluding ortho intramolecular Hbond substituents is 1. The summed E-state index contributed by atoms with van der Waals surface area (Å²) in [5.41, 5.74) is 0.847. The molecule has 4 heteroatoms. The SMILES string of the molecule is CC1(C)Oc2cccc(O)c2C(=O)C1CCCCCc1ccc(F)cc1. The summed E-state index contributed by atoms with van der Waals surface area (Å²) in [6.45, 7) is 3.86. The molecular formula is C22H25FO3. The minimum Gasteiger partial charge on any atom is -0.507 e. The van der Waals surface area contributed by atoms with Gasteiger partial charge in [-0.25, -0.2) is 4.39 Å². The third-order valence-corrected chi connectivity index (χ3v) is 5.15. The maximum atomic E-state index is 12.9. The predicted octanol–water partition coefficient (Wildman–Crippen LogP) is 5.30. The number of hydrogen-bond donors (Lipinski definition) is 1. The maximum Gasteiger partial charge on any atom is 0.177 e. The Balaban J connectivity index is 1.56. The average molecular weight is 356 g/mol. The Labute approximate surface area is 153 Å². The van der Waals surface area contributed by atoms with Crippen LogP contribution in [0.5, 0.6) is 11.5 Å². The molecule has 0 bridgehead atoms. The number of carbonyl (C=O) groups excluding carboxylic acids is 1. The van der Waals surface area contributed by atoms with Crippen molar-refractivity contribution in [3.05, 3.63) is 59.4 Å². The molecule has 3 rings (SSSR count). The maximum absolute atomic E-state index is 12.9. The lowest BCUT2D eigenvalue weighted by Crippen LogP contribution is -2.45. The van der Waals surface area contributed by atoms with Gasteiger partial charge in [0.05, 0.1) is 5.92 Å². The minimum absolute atomic E-state index is 0.00990. The first kappa shape index (κ1) is 18.4. The fourth-order valence-corrected chi connectivity index (χ4v) is 3.68.